The summed E-state index contributed by atoms with van der Waals surface area (Å²) < 4.78 is 0. The van der Waals surface area contributed by atoms with Crippen molar-refractivity contribution in [3.05, 3.63) is 21.4 Å². The highest BCUT2D eigenvalue weighted by Gasteiger charge is 2.25. The van der Waals surface area contributed by atoms with Crippen molar-refractivity contribution >= 4 is 11.3 Å². The van der Waals surface area contributed by atoms with Gasteiger partial charge in [0.1, 0.15) is 0 Å². The zero-order valence-electron chi connectivity index (χ0n) is 13.0. The summed E-state index contributed by atoms with van der Waals surface area (Å²) in [5.41, 5.74) is 3.07. The number of aryl methyl sites for hydroxylation is 1. The van der Waals surface area contributed by atoms with Gasteiger partial charge < -0.3 is 0 Å². The maximum atomic E-state index is 2.77. The molecule has 1 aliphatic heterocycles. The van der Waals surface area contributed by atoms with Gasteiger partial charge in [0, 0.05) is 43.6 Å². The van der Waals surface area contributed by atoms with Gasteiger partial charge in [-0.1, -0.05) is 19.3 Å². The zero-order valence-corrected chi connectivity index (χ0v) is 13.8. The molecule has 0 atom stereocenters. The maximum absolute atomic E-state index is 2.77. The second-order valence-corrected chi connectivity index (χ2v) is 7.63. The Bertz CT molecular complexity index is 426. The Morgan fingerprint density at radius 2 is 1.75 bits per heavy atom. The number of rotatable bonds is 3. The topological polar surface area (TPSA) is 6.48 Å². The first kappa shape index (κ1) is 14.6. The van der Waals surface area contributed by atoms with Gasteiger partial charge in [-0.05, 0) is 43.2 Å². The molecule has 0 unspecified atom stereocenters. The molecule has 3 rings (SSSR count). The predicted molar refractivity (Wildman–Crippen MR) is 87.5 cm³/mol. The molecule has 2 fully saturated rings. The highest BCUT2D eigenvalue weighted by Crippen LogP contribution is 2.25. The first-order chi connectivity index (χ1) is 9.74. The molecule has 0 amide bonds. The number of nitrogens with zero attached hydrogens (tertiary/aromatic N) is 2. The first-order valence-electron chi connectivity index (χ1n) is 8.24. The van der Waals surface area contributed by atoms with E-state index >= 15 is 0 Å². The van der Waals surface area contributed by atoms with Crippen molar-refractivity contribution in [1.29, 1.82) is 0 Å². The van der Waals surface area contributed by atoms with Crippen molar-refractivity contribution < 1.29 is 0 Å². The van der Waals surface area contributed by atoms with Crippen LogP contribution in [-0.4, -0.2) is 42.0 Å². The standard InChI is InChI=1S/C17H28N2S/c1-14-15(2)20-13-16(14)12-18-8-10-19(11-9-18)17-6-4-3-5-7-17/h13,17H,3-12H2,1-2H3. The minimum absolute atomic E-state index is 0.899. The Morgan fingerprint density at radius 1 is 1.05 bits per heavy atom. The number of hydrogen-bond donors (Lipinski definition) is 0. The van der Waals surface area contributed by atoms with Crippen LogP contribution in [0.2, 0.25) is 0 Å². The third kappa shape index (κ3) is 3.26. The summed E-state index contributed by atoms with van der Waals surface area (Å²) >= 11 is 1.91. The van der Waals surface area contributed by atoms with Crippen LogP contribution in [0.5, 0.6) is 0 Å². The van der Waals surface area contributed by atoms with Crippen LogP contribution >= 0.6 is 11.3 Å². The van der Waals surface area contributed by atoms with E-state index < -0.39 is 0 Å². The van der Waals surface area contributed by atoms with Crippen LogP contribution in [0.25, 0.3) is 0 Å². The molecule has 2 nitrogen and oxygen atoms in total. The van der Waals surface area contributed by atoms with Crippen LogP contribution in [0.3, 0.4) is 0 Å². The lowest BCUT2D eigenvalue weighted by Crippen LogP contribution is -2.50. The second-order valence-electron chi connectivity index (χ2n) is 6.55. The van der Waals surface area contributed by atoms with Crippen LogP contribution in [0.4, 0.5) is 0 Å². The van der Waals surface area contributed by atoms with Crippen molar-refractivity contribution in [2.24, 2.45) is 0 Å². The monoisotopic (exact) mass is 292 g/mol. The van der Waals surface area contributed by atoms with E-state index in [2.05, 4.69) is 29.0 Å². The molecule has 1 aromatic rings. The molecule has 1 aromatic heterocycles. The molecule has 20 heavy (non-hydrogen) atoms. The number of piperazine rings is 1. The Hall–Kier alpha value is -0.380. The normalized spacial score (nSPS) is 23.3. The molecule has 0 N–H and O–H groups in total. The van der Waals surface area contributed by atoms with Crippen molar-refractivity contribution in [1.82, 2.24) is 9.80 Å². The van der Waals surface area contributed by atoms with Gasteiger partial charge in [-0.15, -0.1) is 11.3 Å². The molecule has 3 heteroatoms. The van der Waals surface area contributed by atoms with Gasteiger partial charge in [0.15, 0.2) is 0 Å². The SMILES string of the molecule is Cc1scc(CN2CCN(C3CCCCC3)CC2)c1C. The highest BCUT2D eigenvalue weighted by molar-refractivity contribution is 7.10. The molecule has 0 radical (unpaired) electrons. The van der Waals surface area contributed by atoms with E-state index in [-0.39, 0.29) is 0 Å². The number of thiophene rings is 1. The smallest absolute Gasteiger partial charge is 0.0245 e. The molecule has 0 bridgehead atoms. The summed E-state index contributed by atoms with van der Waals surface area (Å²) in [6, 6.07) is 0.899. The molecule has 0 aromatic carbocycles. The van der Waals surface area contributed by atoms with Crippen molar-refractivity contribution in [3.63, 3.8) is 0 Å². The Balaban J connectivity index is 1.49. The van der Waals surface area contributed by atoms with Gasteiger partial charge in [0.2, 0.25) is 0 Å². The lowest BCUT2D eigenvalue weighted by atomic mass is 9.94. The van der Waals surface area contributed by atoms with E-state index in [0.717, 1.165) is 12.6 Å². The highest BCUT2D eigenvalue weighted by atomic mass is 32.1. The van der Waals surface area contributed by atoms with Crippen molar-refractivity contribution in [2.45, 2.75) is 58.5 Å². The summed E-state index contributed by atoms with van der Waals surface area (Å²) in [6.45, 7) is 10.8. The fraction of sp³-hybridized carbons (Fsp3) is 0.765. The molecule has 1 saturated heterocycles. The van der Waals surface area contributed by atoms with E-state index in [4.69, 9.17) is 0 Å². The van der Waals surface area contributed by atoms with Gasteiger partial charge in [-0.25, -0.2) is 0 Å². The van der Waals surface area contributed by atoms with Gasteiger partial charge in [-0.3, -0.25) is 9.80 Å². The quantitative estimate of drug-likeness (QED) is 0.836. The lowest BCUT2D eigenvalue weighted by Gasteiger charge is -2.40. The van der Waals surface area contributed by atoms with Crippen molar-refractivity contribution in [3.8, 4) is 0 Å². The molecule has 2 aliphatic rings. The lowest BCUT2D eigenvalue weighted by molar-refractivity contribution is 0.0755. The summed E-state index contributed by atoms with van der Waals surface area (Å²) in [7, 11) is 0. The third-order valence-corrected chi connectivity index (χ3v) is 6.34. The van der Waals surface area contributed by atoms with Crippen LogP contribution in [0.15, 0.2) is 5.38 Å². The van der Waals surface area contributed by atoms with Crippen LogP contribution < -0.4 is 0 Å². The van der Waals surface area contributed by atoms with Gasteiger partial charge >= 0.3 is 0 Å². The fourth-order valence-corrected chi connectivity index (χ4v) is 4.57. The molecule has 1 aliphatic carbocycles. The third-order valence-electron chi connectivity index (χ3n) is 5.28. The molecule has 112 valence electrons. The molecule has 0 spiro atoms. The van der Waals surface area contributed by atoms with E-state index in [1.807, 2.05) is 11.3 Å². The van der Waals surface area contributed by atoms with Crippen LogP contribution in [-0.2, 0) is 6.54 Å². The molecular weight excluding hydrogens is 264 g/mol. The zero-order chi connectivity index (χ0) is 13.9. The van der Waals surface area contributed by atoms with E-state index in [9.17, 15) is 0 Å². The average molecular weight is 292 g/mol. The van der Waals surface area contributed by atoms with Crippen LogP contribution in [0, 0.1) is 13.8 Å². The fourth-order valence-electron chi connectivity index (χ4n) is 3.69. The summed E-state index contributed by atoms with van der Waals surface area (Å²) in [5, 5.41) is 2.36. The van der Waals surface area contributed by atoms with E-state index in [0.29, 0.717) is 0 Å². The largest absolute Gasteiger partial charge is 0.298 e. The number of hydrogen-bond acceptors (Lipinski definition) is 3. The summed E-state index contributed by atoms with van der Waals surface area (Å²) in [4.78, 5) is 6.90. The molecule has 2 heterocycles. The Labute approximate surface area is 127 Å². The van der Waals surface area contributed by atoms with Crippen molar-refractivity contribution in [2.75, 3.05) is 26.2 Å². The van der Waals surface area contributed by atoms with E-state index in [1.54, 1.807) is 5.56 Å². The minimum atomic E-state index is 0.899. The van der Waals surface area contributed by atoms with Gasteiger partial charge in [-0.2, -0.15) is 0 Å². The van der Waals surface area contributed by atoms with Crippen LogP contribution in [0.1, 0.15) is 48.1 Å². The molecule has 1 saturated carbocycles. The van der Waals surface area contributed by atoms with Gasteiger partial charge in [0.05, 0.1) is 0 Å². The van der Waals surface area contributed by atoms with Gasteiger partial charge in [0.25, 0.3) is 0 Å². The first-order valence-corrected chi connectivity index (χ1v) is 9.12. The summed E-state index contributed by atoms with van der Waals surface area (Å²) in [6.07, 6.45) is 7.27. The predicted octanol–water partition coefficient (Wildman–Crippen LogP) is 3.82. The Morgan fingerprint density at radius 3 is 2.35 bits per heavy atom. The summed E-state index contributed by atoms with van der Waals surface area (Å²) in [5.74, 6) is 0. The minimum Gasteiger partial charge on any atom is -0.298 e. The molecular formula is C17H28N2S. The second kappa shape index (κ2) is 6.59. The Kier molecular flexibility index (Phi) is 4.79. The average Bonchev–Trinajstić information content (AvgIpc) is 2.81. The maximum Gasteiger partial charge on any atom is 0.0245 e. The van der Waals surface area contributed by atoms with E-state index in [1.165, 1.54) is 68.7 Å².